The van der Waals surface area contributed by atoms with Gasteiger partial charge in [-0.15, -0.1) is 0 Å². The molecule has 0 heterocycles. The quantitative estimate of drug-likeness (QED) is 0.142. The first kappa shape index (κ1) is 26.4. The molecule has 0 N–H and O–H groups in total. The maximum atomic E-state index is 2.81. The molecule has 1 nitrogen and oxygen atoms in total. The Morgan fingerprint density at radius 3 is 1.00 bits per heavy atom. The monoisotopic (exact) mass is 651 g/mol. The van der Waals surface area contributed by atoms with Crippen LogP contribution in [0.25, 0.3) is 0 Å². The van der Waals surface area contributed by atoms with Gasteiger partial charge in [-0.1, -0.05) is 0 Å². The molecule has 0 aliphatic heterocycles. The zero-order valence-corrected chi connectivity index (χ0v) is 26.5. The van der Waals surface area contributed by atoms with Gasteiger partial charge in [-0.05, 0) is 0 Å². The van der Waals surface area contributed by atoms with E-state index in [0.29, 0.717) is 0 Å². The third-order valence-corrected chi connectivity index (χ3v) is 25.7. The topological polar surface area (TPSA) is 3.24 Å². The van der Waals surface area contributed by atoms with E-state index < -0.39 is 26.9 Å². The maximum absolute atomic E-state index is 2.81. The zero-order valence-electron chi connectivity index (χ0n) is 21.0. The summed E-state index contributed by atoms with van der Waals surface area (Å²) in [5, 5.41) is 0. The number of benzene rings is 5. The summed E-state index contributed by atoms with van der Waals surface area (Å²) in [6.45, 7) is 4.56. The Morgan fingerprint density at radius 1 is 0.405 bits per heavy atom. The van der Waals surface area contributed by atoms with Gasteiger partial charge in [0.2, 0.25) is 0 Å². The van der Waals surface area contributed by atoms with Crippen molar-refractivity contribution >= 4 is 65.3 Å². The van der Waals surface area contributed by atoms with Gasteiger partial charge < -0.3 is 0 Å². The van der Waals surface area contributed by atoms with Crippen molar-refractivity contribution in [3.8, 4) is 0 Å². The van der Waals surface area contributed by atoms with Gasteiger partial charge in [-0.2, -0.15) is 0 Å². The number of hydrogen-bond donors (Lipinski definition) is 0. The summed E-state index contributed by atoms with van der Waals surface area (Å²) in [4.78, 5) is 0. The Morgan fingerprint density at radius 2 is 0.703 bits per heavy atom. The van der Waals surface area contributed by atoms with Gasteiger partial charge in [0.25, 0.3) is 0 Å². The van der Waals surface area contributed by atoms with E-state index in [1.807, 2.05) is 0 Å². The first-order valence-electron chi connectivity index (χ1n) is 12.3. The number of nitrogens with zero attached hydrogens (tertiary/aromatic N) is 1. The molecule has 0 saturated carbocycles. The van der Waals surface area contributed by atoms with Crippen LogP contribution in [-0.4, -0.2) is 26.9 Å². The second kappa shape index (κ2) is 13.0. The Hall–Kier alpha value is -2.20. The molecule has 0 saturated heterocycles. The molecule has 5 rings (SSSR count). The molecule has 0 aliphatic rings. The molecule has 0 spiro atoms. The van der Waals surface area contributed by atoms with Crippen LogP contribution in [0, 0.1) is 13.8 Å². The summed E-state index contributed by atoms with van der Waals surface area (Å²) in [6.07, 6.45) is 0. The van der Waals surface area contributed by atoms with Crippen LogP contribution < -0.4 is 22.3 Å². The van der Waals surface area contributed by atoms with Crippen LogP contribution in [0.5, 0.6) is 0 Å². The molecular formula is C32H31NP2Se2. The average Bonchev–Trinajstić information content (AvgIpc) is 2.96. The van der Waals surface area contributed by atoms with Gasteiger partial charge in [0.05, 0.1) is 0 Å². The van der Waals surface area contributed by atoms with Crippen LogP contribution in [0.4, 0.5) is 5.69 Å². The second-order valence-corrected chi connectivity index (χ2v) is 23.4. The molecule has 0 amide bonds. The van der Waals surface area contributed by atoms with Crippen LogP contribution in [0.3, 0.4) is 0 Å². The van der Waals surface area contributed by atoms with Crippen molar-refractivity contribution in [3.05, 3.63) is 151 Å². The molecule has 0 fully saturated rings. The molecule has 5 aromatic rings. The predicted molar refractivity (Wildman–Crippen MR) is 171 cm³/mol. The zero-order chi connectivity index (χ0) is 25.5. The fraction of sp³-hybridized carbons (Fsp3) is 0.0625. The van der Waals surface area contributed by atoms with E-state index >= 15 is 0 Å². The van der Waals surface area contributed by atoms with Crippen LogP contribution in [0.2, 0.25) is 0 Å². The third kappa shape index (κ3) is 6.63. The summed E-state index contributed by atoms with van der Waals surface area (Å²) in [6, 6.07) is 51.7. The minimum atomic E-state index is -1.31. The van der Waals surface area contributed by atoms with Crippen LogP contribution >= 0.6 is 14.8 Å². The first-order chi connectivity index (χ1) is 18.2. The van der Waals surface area contributed by atoms with Gasteiger partial charge >= 0.3 is 234 Å². The number of aryl methyl sites for hydroxylation is 2. The van der Waals surface area contributed by atoms with E-state index in [2.05, 4.69) is 158 Å². The normalized spacial score (nSPS) is 11.8. The average molecular weight is 649 g/mol. The summed E-state index contributed by atoms with van der Waals surface area (Å²) >= 11 is -2.61. The summed E-state index contributed by atoms with van der Waals surface area (Å²) in [7, 11) is 1.45. The molecule has 5 aromatic carbocycles. The van der Waals surface area contributed by atoms with E-state index in [4.69, 9.17) is 0 Å². The molecule has 37 heavy (non-hydrogen) atoms. The SMILES string of the molecule is Cc1cccc(C)c1N(P[Se](c1ccccc1)c1ccccc1)P[Se](c1ccccc1)c1ccccc1. The molecule has 2 atom stereocenters. The standard InChI is InChI=1S/C32H31NP2Se2/c1-26-16-15-17-27(2)32(26)33(34-36(28-18-7-3-8-19-28)29-20-9-4-10-21-29)35-37(30-22-11-5-12-23-30)31-24-13-6-14-25-31/h3-25,34-35H,1-2H3. The van der Waals surface area contributed by atoms with Crippen molar-refractivity contribution < 1.29 is 0 Å². The van der Waals surface area contributed by atoms with Gasteiger partial charge in [-0.3, -0.25) is 0 Å². The van der Waals surface area contributed by atoms with Crippen molar-refractivity contribution in [3.63, 3.8) is 0 Å². The minimum absolute atomic E-state index is 0.724. The predicted octanol–water partition coefficient (Wildman–Crippen LogP) is 5.91. The summed E-state index contributed by atoms with van der Waals surface area (Å²) < 4.78 is 8.82. The molecule has 186 valence electrons. The van der Waals surface area contributed by atoms with Crippen LogP contribution in [0.1, 0.15) is 11.1 Å². The van der Waals surface area contributed by atoms with Crippen molar-refractivity contribution in [2.24, 2.45) is 0 Å². The fourth-order valence-electron chi connectivity index (χ4n) is 4.16. The number of hydrogen-bond acceptors (Lipinski definition) is 1. The molecule has 0 bridgehead atoms. The number of para-hydroxylation sites is 1. The molecule has 0 aliphatic carbocycles. The van der Waals surface area contributed by atoms with Crippen LogP contribution in [0.15, 0.2) is 140 Å². The van der Waals surface area contributed by atoms with Crippen molar-refractivity contribution in [2.75, 3.05) is 4.44 Å². The van der Waals surface area contributed by atoms with Crippen LogP contribution in [-0.2, 0) is 0 Å². The van der Waals surface area contributed by atoms with Gasteiger partial charge in [-0.25, -0.2) is 0 Å². The van der Waals surface area contributed by atoms with E-state index in [0.717, 1.165) is 14.8 Å². The van der Waals surface area contributed by atoms with Crippen molar-refractivity contribution in [1.82, 2.24) is 0 Å². The van der Waals surface area contributed by atoms with E-state index in [9.17, 15) is 0 Å². The van der Waals surface area contributed by atoms with Gasteiger partial charge in [0.15, 0.2) is 0 Å². The molecule has 0 aromatic heterocycles. The Bertz CT molecular complexity index is 1220. The number of rotatable bonds is 9. The molecular weight excluding hydrogens is 618 g/mol. The van der Waals surface area contributed by atoms with E-state index in [1.54, 1.807) is 0 Å². The third-order valence-electron chi connectivity index (χ3n) is 5.94. The first-order valence-corrected chi connectivity index (χ1v) is 22.6. The van der Waals surface area contributed by atoms with E-state index in [1.165, 1.54) is 34.7 Å². The summed E-state index contributed by atoms with van der Waals surface area (Å²) in [5.74, 6) is 0. The van der Waals surface area contributed by atoms with Gasteiger partial charge in [0, 0.05) is 0 Å². The van der Waals surface area contributed by atoms with Crippen molar-refractivity contribution in [2.45, 2.75) is 13.8 Å². The molecule has 5 heteroatoms. The fourth-order valence-corrected chi connectivity index (χ4v) is 26.9. The molecule has 2 unspecified atom stereocenters. The van der Waals surface area contributed by atoms with Crippen molar-refractivity contribution in [1.29, 1.82) is 0 Å². The second-order valence-electron chi connectivity index (χ2n) is 8.62. The van der Waals surface area contributed by atoms with Gasteiger partial charge in [0.1, 0.15) is 0 Å². The van der Waals surface area contributed by atoms with E-state index in [-0.39, 0.29) is 0 Å². The Labute approximate surface area is 233 Å². The Kier molecular flexibility index (Phi) is 9.31. The number of anilines is 1. The molecule has 2 radical (unpaired) electrons. The summed E-state index contributed by atoms with van der Waals surface area (Å²) in [5.41, 5.74) is 4.18. The Balaban J connectivity index is 1.61.